The van der Waals surface area contributed by atoms with Crippen molar-refractivity contribution in [3.8, 4) is 0 Å². The fourth-order valence-corrected chi connectivity index (χ4v) is 5.63. The van der Waals surface area contributed by atoms with Gasteiger partial charge in [0.25, 0.3) is 0 Å². The summed E-state index contributed by atoms with van der Waals surface area (Å²) in [6.45, 7) is 6.90. The van der Waals surface area contributed by atoms with Gasteiger partial charge >= 0.3 is 5.97 Å². The predicted octanol–water partition coefficient (Wildman–Crippen LogP) is 1.39. The maximum atomic E-state index is 13.5. The van der Waals surface area contributed by atoms with Gasteiger partial charge in [0.15, 0.2) is 0 Å². The minimum atomic E-state index is -0.989. The molecule has 30 heavy (non-hydrogen) atoms. The Morgan fingerprint density at radius 3 is 2.67 bits per heavy atom. The maximum Gasteiger partial charge on any atom is 0.312 e. The van der Waals surface area contributed by atoms with Crippen molar-refractivity contribution < 1.29 is 29.0 Å². The van der Waals surface area contributed by atoms with Crippen LogP contribution in [0.25, 0.3) is 0 Å². The third kappa shape index (κ3) is 3.73. The number of aliphatic hydroxyl groups is 1. The highest BCUT2D eigenvalue weighted by Crippen LogP contribution is 2.63. The molecule has 2 N–H and O–H groups in total. The standard InChI is InChI=1S/C22H36N2O6/c1-4-6-7-12-23-18(26)17-22-11-10-21(3,30-22)16(20(28)29-5-2)15(22)19(27)24(17)13-8-9-14-25/h15-17,25H,4-14H2,1-3H3,(H,23,26)/t15-,16+,17?,21-,22?/m0/s1. The van der Waals surface area contributed by atoms with Crippen molar-refractivity contribution in [1.82, 2.24) is 10.2 Å². The van der Waals surface area contributed by atoms with Crippen LogP contribution >= 0.6 is 0 Å². The van der Waals surface area contributed by atoms with Crippen LogP contribution in [0.1, 0.15) is 65.7 Å². The van der Waals surface area contributed by atoms with Crippen molar-refractivity contribution in [2.75, 3.05) is 26.3 Å². The van der Waals surface area contributed by atoms with Crippen LogP contribution in [0.4, 0.5) is 0 Å². The van der Waals surface area contributed by atoms with E-state index in [1.807, 2.05) is 6.92 Å². The second kappa shape index (κ2) is 9.22. The zero-order valence-corrected chi connectivity index (χ0v) is 18.4. The number of carbonyl (C=O) groups is 3. The predicted molar refractivity (Wildman–Crippen MR) is 109 cm³/mol. The van der Waals surface area contributed by atoms with Crippen molar-refractivity contribution in [2.24, 2.45) is 11.8 Å². The second-order valence-electron chi connectivity index (χ2n) is 8.94. The number of hydrogen-bond acceptors (Lipinski definition) is 6. The Labute approximate surface area is 178 Å². The van der Waals surface area contributed by atoms with Gasteiger partial charge in [0, 0.05) is 19.7 Å². The van der Waals surface area contributed by atoms with Crippen molar-refractivity contribution in [1.29, 1.82) is 0 Å². The zero-order chi connectivity index (χ0) is 21.9. The second-order valence-corrected chi connectivity index (χ2v) is 8.94. The quantitative estimate of drug-likeness (QED) is 0.384. The molecule has 2 bridgehead atoms. The average Bonchev–Trinajstić information content (AvgIpc) is 3.27. The van der Waals surface area contributed by atoms with Crippen LogP contribution in [0.3, 0.4) is 0 Å². The third-order valence-corrected chi connectivity index (χ3v) is 6.95. The largest absolute Gasteiger partial charge is 0.466 e. The van der Waals surface area contributed by atoms with E-state index < -0.39 is 35.0 Å². The number of likely N-dealkylation sites (tertiary alicyclic amines) is 1. The Morgan fingerprint density at radius 1 is 1.23 bits per heavy atom. The number of amides is 2. The smallest absolute Gasteiger partial charge is 0.312 e. The van der Waals surface area contributed by atoms with Gasteiger partial charge < -0.3 is 24.8 Å². The minimum Gasteiger partial charge on any atom is -0.466 e. The Kier molecular flexibility index (Phi) is 7.07. The van der Waals surface area contributed by atoms with E-state index in [2.05, 4.69) is 12.2 Å². The van der Waals surface area contributed by atoms with Crippen molar-refractivity contribution in [2.45, 2.75) is 83.0 Å². The highest BCUT2D eigenvalue weighted by Gasteiger charge is 2.78. The molecular weight excluding hydrogens is 388 g/mol. The van der Waals surface area contributed by atoms with Crippen molar-refractivity contribution in [3.63, 3.8) is 0 Å². The average molecular weight is 425 g/mol. The topological polar surface area (TPSA) is 105 Å². The fraction of sp³-hybridized carbons (Fsp3) is 0.864. The fourth-order valence-electron chi connectivity index (χ4n) is 5.63. The lowest BCUT2D eigenvalue weighted by Crippen LogP contribution is -2.55. The minimum absolute atomic E-state index is 0.0322. The molecule has 0 aromatic rings. The van der Waals surface area contributed by atoms with Crippen LogP contribution < -0.4 is 5.32 Å². The van der Waals surface area contributed by atoms with E-state index in [4.69, 9.17) is 14.6 Å². The number of ether oxygens (including phenoxy) is 2. The van der Waals surface area contributed by atoms with E-state index in [9.17, 15) is 14.4 Å². The van der Waals surface area contributed by atoms with E-state index in [0.29, 0.717) is 38.8 Å². The van der Waals surface area contributed by atoms with Crippen molar-refractivity contribution in [3.05, 3.63) is 0 Å². The van der Waals surface area contributed by atoms with Gasteiger partial charge in [-0.3, -0.25) is 14.4 Å². The first-order valence-corrected chi connectivity index (χ1v) is 11.4. The molecule has 5 atom stereocenters. The van der Waals surface area contributed by atoms with Gasteiger partial charge in [0.1, 0.15) is 17.6 Å². The van der Waals surface area contributed by atoms with Crippen LogP contribution in [0.5, 0.6) is 0 Å². The number of nitrogens with one attached hydrogen (secondary N) is 1. The molecule has 0 saturated carbocycles. The molecule has 1 spiro atoms. The number of aliphatic hydroxyl groups excluding tert-OH is 1. The van der Waals surface area contributed by atoms with Gasteiger partial charge in [0.05, 0.1) is 18.1 Å². The molecule has 0 aliphatic carbocycles. The molecule has 2 unspecified atom stereocenters. The third-order valence-electron chi connectivity index (χ3n) is 6.95. The molecule has 170 valence electrons. The van der Waals surface area contributed by atoms with E-state index in [-0.39, 0.29) is 25.0 Å². The molecule has 8 heteroatoms. The van der Waals surface area contributed by atoms with E-state index >= 15 is 0 Å². The molecule has 3 rings (SSSR count). The SMILES string of the molecule is CCCCCNC(=O)C1N(CCCCO)C(=O)[C@@H]2[C@H](C(=O)OCC)[C@]3(C)CCC12O3. The summed E-state index contributed by atoms with van der Waals surface area (Å²) in [5.74, 6) is -2.23. The molecular formula is C22H36N2O6. The summed E-state index contributed by atoms with van der Waals surface area (Å²) in [6, 6.07) is -0.753. The van der Waals surface area contributed by atoms with Gasteiger partial charge in [0.2, 0.25) is 11.8 Å². The van der Waals surface area contributed by atoms with Gasteiger partial charge in [-0.2, -0.15) is 0 Å². The number of carbonyl (C=O) groups excluding carboxylic acids is 3. The lowest BCUT2D eigenvalue weighted by atomic mass is 9.66. The Balaban J connectivity index is 1.89. The van der Waals surface area contributed by atoms with Crippen LogP contribution in [0.15, 0.2) is 0 Å². The lowest BCUT2D eigenvalue weighted by molar-refractivity contribution is -0.159. The van der Waals surface area contributed by atoms with Crippen LogP contribution in [0, 0.1) is 11.8 Å². The number of esters is 1. The first-order valence-electron chi connectivity index (χ1n) is 11.4. The molecule has 3 heterocycles. The summed E-state index contributed by atoms with van der Waals surface area (Å²) in [5, 5.41) is 12.1. The van der Waals surface area contributed by atoms with E-state index in [1.54, 1.807) is 11.8 Å². The molecule has 3 aliphatic rings. The van der Waals surface area contributed by atoms with Crippen molar-refractivity contribution >= 4 is 17.8 Å². The van der Waals surface area contributed by atoms with Gasteiger partial charge in [-0.25, -0.2) is 0 Å². The Morgan fingerprint density at radius 2 is 2.00 bits per heavy atom. The Hall–Kier alpha value is -1.67. The first kappa shape index (κ1) is 23.0. The number of fused-ring (bicyclic) bond motifs is 1. The molecule has 0 radical (unpaired) electrons. The monoisotopic (exact) mass is 424 g/mol. The van der Waals surface area contributed by atoms with Gasteiger partial charge in [-0.15, -0.1) is 0 Å². The first-order chi connectivity index (χ1) is 14.4. The summed E-state index contributed by atoms with van der Waals surface area (Å²) < 4.78 is 11.7. The summed E-state index contributed by atoms with van der Waals surface area (Å²) >= 11 is 0. The van der Waals surface area contributed by atoms with E-state index in [0.717, 1.165) is 19.3 Å². The summed E-state index contributed by atoms with van der Waals surface area (Å²) in [6.07, 6.45) is 5.28. The van der Waals surface area contributed by atoms with Crippen LogP contribution in [0.2, 0.25) is 0 Å². The van der Waals surface area contributed by atoms with E-state index in [1.165, 1.54) is 0 Å². The number of hydrogen-bond donors (Lipinski definition) is 2. The molecule has 0 aromatic carbocycles. The van der Waals surface area contributed by atoms with Crippen LogP contribution in [-0.2, 0) is 23.9 Å². The molecule has 8 nitrogen and oxygen atoms in total. The highest BCUT2D eigenvalue weighted by molar-refractivity contribution is 5.98. The highest BCUT2D eigenvalue weighted by atomic mass is 16.6. The molecule has 3 saturated heterocycles. The number of nitrogens with zero attached hydrogens (tertiary/aromatic N) is 1. The van der Waals surface area contributed by atoms with Gasteiger partial charge in [-0.05, 0) is 46.0 Å². The summed E-state index contributed by atoms with van der Waals surface area (Å²) in [7, 11) is 0. The molecule has 2 amide bonds. The molecule has 0 aromatic heterocycles. The number of rotatable bonds is 11. The Bertz CT molecular complexity index is 670. The van der Waals surface area contributed by atoms with Gasteiger partial charge in [-0.1, -0.05) is 19.8 Å². The zero-order valence-electron chi connectivity index (χ0n) is 18.4. The van der Waals surface area contributed by atoms with Crippen LogP contribution in [-0.4, -0.2) is 71.3 Å². The number of unbranched alkanes of at least 4 members (excludes halogenated alkanes) is 3. The molecule has 3 fully saturated rings. The maximum absolute atomic E-state index is 13.5. The summed E-state index contributed by atoms with van der Waals surface area (Å²) in [4.78, 5) is 41.2. The lowest BCUT2D eigenvalue weighted by Gasteiger charge is -2.33. The normalized spacial score (nSPS) is 34.3. The summed E-state index contributed by atoms with van der Waals surface area (Å²) in [5.41, 5.74) is -1.78. The molecule has 3 aliphatic heterocycles.